The van der Waals surface area contributed by atoms with E-state index in [1.807, 2.05) is 76.8 Å². The number of rotatable bonds is 11. The Hall–Kier alpha value is -7.00. The summed E-state index contributed by atoms with van der Waals surface area (Å²) in [5.41, 5.74) is 10.8. The number of piperidine rings is 1. The van der Waals surface area contributed by atoms with Crippen LogP contribution in [0.25, 0.3) is 34.4 Å². The SMILES string of the molecule is O=C1CCC(N2Cc3cc(CCCCN4CCN(CC#Cc5ccc(/C=C/c6ccc(C(=O)N7CCc8cnc(-c9cnc%10ccccc%10c9)nc8C7)cc6)cc5)CC4)ccc3C2=O)CN1. The van der Waals surface area contributed by atoms with Gasteiger partial charge in [-0.25, -0.2) is 9.97 Å². The molecule has 4 aliphatic heterocycles. The van der Waals surface area contributed by atoms with Crippen LogP contribution in [0.15, 0.2) is 109 Å². The molecule has 0 aliphatic carbocycles. The largest absolute Gasteiger partial charge is 0.354 e. The van der Waals surface area contributed by atoms with Crippen LogP contribution in [0.1, 0.15) is 85.5 Å². The Labute approximate surface area is 386 Å². The summed E-state index contributed by atoms with van der Waals surface area (Å²) in [5.74, 6) is 7.55. The van der Waals surface area contributed by atoms with Crippen LogP contribution in [0.5, 0.6) is 0 Å². The Morgan fingerprint density at radius 3 is 2.36 bits per heavy atom. The van der Waals surface area contributed by atoms with E-state index in [0.29, 0.717) is 44.0 Å². The molecule has 0 spiro atoms. The summed E-state index contributed by atoms with van der Waals surface area (Å²) in [6.07, 6.45) is 13.1. The van der Waals surface area contributed by atoms with Crippen molar-refractivity contribution in [1.82, 2.24) is 39.9 Å². The molecule has 11 nitrogen and oxygen atoms in total. The number of pyridine rings is 1. The number of fused-ring (bicyclic) bond motifs is 3. The number of aromatic nitrogens is 3. The lowest BCUT2D eigenvalue weighted by atomic mass is 10.0. The van der Waals surface area contributed by atoms with Crippen LogP contribution >= 0.6 is 0 Å². The van der Waals surface area contributed by atoms with Crippen LogP contribution < -0.4 is 5.32 Å². The maximum atomic E-state index is 13.6. The molecule has 332 valence electrons. The molecule has 1 atom stereocenters. The predicted molar refractivity (Wildman–Crippen MR) is 258 cm³/mol. The van der Waals surface area contributed by atoms with E-state index in [1.54, 1.807) is 0 Å². The van der Waals surface area contributed by atoms with E-state index in [0.717, 1.165) is 127 Å². The average Bonchev–Trinajstić information content (AvgIpc) is 3.69. The maximum Gasteiger partial charge on any atom is 0.254 e. The van der Waals surface area contributed by atoms with E-state index in [9.17, 15) is 14.4 Å². The van der Waals surface area contributed by atoms with Gasteiger partial charge in [-0.3, -0.25) is 24.3 Å². The highest BCUT2D eigenvalue weighted by Gasteiger charge is 2.34. The number of nitrogens with zero attached hydrogens (tertiary/aromatic N) is 7. The smallest absolute Gasteiger partial charge is 0.254 e. The molecule has 2 saturated heterocycles. The van der Waals surface area contributed by atoms with Crippen molar-refractivity contribution >= 4 is 40.8 Å². The summed E-state index contributed by atoms with van der Waals surface area (Å²) in [7, 11) is 0. The van der Waals surface area contributed by atoms with Crippen molar-refractivity contribution in [2.24, 2.45) is 0 Å². The molecule has 4 aliphatic rings. The minimum absolute atomic E-state index is 0.000761. The van der Waals surface area contributed by atoms with E-state index in [4.69, 9.17) is 4.98 Å². The van der Waals surface area contributed by atoms with Gasteiger partial charge in [-0.15, -0.1) is 0 Å². The first-order valence-electron chi connectivity index (χ1n) is 23.4. The monoisotopic (exact) mass is 874 g/mol. The Balaban J connectivity index is 0.634. The second kappa shape index (κ2) is 19.6. The standard InChI is InChI=1S/C55H54N8O3/c64-52-23-21-48(36-57-52)63-37-47-32-42(18-22-49(47)55(63)66)6-3-4-25-60-28-30-61(31-29-60)26-5-7-39-10-12-40(13-11-39)14-15-41-16-19-43(20-17-41)54(65)62-27-24-45-34-58-53(59-51(45)38-62)46-33-44-8-1-2-9-50(44)56-35-46/h1-2,8-20,22,32-35,48H,3-4,6,21,23-31,36-38H2,(H,57,64)/b15-14+. The highest BCUT2D eigenvalue weighted by atomic mass is 16.2. The number of nitrogens with one attached hydrogen (secondary N) is 1. The summed E-state index contributed by atoms with van der Waals surface area (Å²) >= 11 is 0. The molecule has 2 fully saturated rings. The maximum absolute atomic E-state index is 13.6. The second-order valence-corrected chi connectivity index (χ2v) is 17.9. The van der Waals surface area contributed by atoms with Gasteiger partial charge >= 0.3 is 0 Å². The number of unbranched alkanes of at least 4 members (excludes halogenated alkanes) is 1. The van der Waals surface area contributed by atoms with Crippen LogP contribution in [-0.4, -0.2) is 111 Å². The van der Waals surface area contributed by atoms with Crippen LogP contribution in [0.3, 0.4) is 0 Å². The lowest BCUT2D eigenvalue weighted by Crippen LogP contribution is -2.48. The zero-order valence-corrected chi connectivity index (χ0v) is 37.3. The van der Waals surface area contributed by atoms with E-state index in [-0.39, 0.29) is 23.8 Å². The molecule has 0 bridgehead atoms. The molecule has 6 aromatic rings. The Morgan fingerprint density at radius 2 is 1.56 bits per heavy atom. The molecule has 3 amide bonds. The van der Waals surface area contributed by atoms with E-state index >= 15 is 0 Å². The minimum atomic E-state index is 0.000761. The molecule has 1 unspecified atom stereocenters. The average molecular weight is 875 g/mol. The molecule has 0 saturated carbocycles. The topological polar surface area (TPSA) is 115 Å². The van der Waals surface area contributed by atoms with Crippen molar-refractivity contribution in [2.75, 3.05) is 52.4 Å². The quantitative estimate of drug-likeness (QED) is 0.0821. The number of para-hydroxylation sites is 1. The molecule has 4 aromatic carbocycles. The van der Waals surface area contributed by atoms with E-state index < -0.39 is 0 Å². The fraction of sp³-hybridized carbons (Fsp3) is 0.309. The number of piperazine rings is 1. The van der Waals surface area contributed by atoms with Crippen molar-refractivity contribution < 1.29 is 14.4 Å². The molecular weight excluding hydrogens is 821 g/mol. The molecule has 66 heavy (non-hydrogen) atoms. The third-order valence-corrected chi connectivity index (χ3v) is 13.5. The van der Waals surface area contributed by atoms with E-state index in [1.165, 1.54) is 5.56 Å². The number of hydrogen-bond acceptors (Lipinski definition) is 8. The van der Waals surface area contributed by atoms with Crippen LogP contribution in [0, 0.1) is 11.8 Å². The van der Waals surface area contributed by atoms with Crippen molar-refractivity contribution in [3.63, 3.8) is 0 Å². The van der Waals surface area contributed by atoms with Crippen LogP contribution in [0.4, 0.5) is 0 Å². The number of hydrogen-bond donors (Lipinski definition) is 1. The van der Waals surface area contributed by atoms with Gasteiger partial charge in [-0.2, -0.15) is 0 Å². The van der Waals surface area contributed by atoms with Gasteiger partial charge < -0.3 is 20.0 Å². The normalized spacial score (nSPS) is 17.7. The lowest BCUT2D eigenvalue weighted by Gasteiger charge is -2.33. The third kappa shape index (κ3) is 9.96. The second-order valence-electron chi connectivity index (χ2n) is 17.9. The van der Waals surface area contributed by atoms with Crippen molar-refractivity contribution in [3.8, 4) is 23.2 Å². The van der Waals surface area contributed by atoms with E-state index in [2.05, 4.69) is 91.5 Å². The molecular formula is C55H54N8O3. The van der Waals surface area contributed by atoms with Gasteiger partial charge in [-0.05, 0) is 109 Å². The van der Waals surface area contributed by atoms with Gasteiger partial charge in [0.15, 0.2) is 5.82 Å². The molecule has 0 radical (unpaired) electrons. The number of amides is 3. The molecule has 2 aromatic heterocycles. The number of benzene rings is 4. The minimum Gasteiger partial charge on any atom is -0.354 e. The zero-order chi connectivity index (χ0) is 44.8. The summed E-state index contributed by atoms with van der Waals surface area (Å²) in [4.78, 5) is 61.1. The van der Waals surface area contributed by atoms with Gasteiger partial charge in [0.05, 0.1) is 30.3 Å². The van der Waals surface area contributed by atoms with Crippen LogP contribution in [0.2, 0.25) is 0 Å². The summed E-state index contributed by atoms with van der Waals surface area (Å²) in [6, 6.07) is 32.6. The Bertz CT molecular complexity index is 2850. The number of carbonyl (C=O) groups is 3. The van der Waals surface area contributed by atoms with Crippen molar-refractivity contribution in [1.29, 1.82) is 0 Å². The first kappa shape index (κ1) is 42.9. The summed E-state index contributed by atoms with van der Waals surface area (Å²) in [6.45, 7) is 8.34. The van der Waals surface area contributed by atoms with Gasteiger partial charge in [0, 0.05) is 92.3 Å². The lowest BCUT2D eigenvalue weighted by molar-refractivity contribution is -0.123. The fourth-order valence-electron chi connectivity index (χ4n) is 9.52. The van der Waals surface area contributed by atoms with Gasteiger partial charge in [0.25, 0.3) is 11.8 Å². The zero-order valence-electron chi connectivity index (χ0n) is 37.3. The Morgan fingerprint density at radius 1 is 0.773 bits per heavy atom. The first-order chi connectivity index (χ1) is 32.4. The third-order valence-electron chi connectivity index (χ3n) is 13.5. The summed E-state index contributed by atoms with van der Waals surface area (Å²) in [5, 5.41) is 3.95. The molecule has 11 heteroatoms. The van der Waals surface area contributed by atoms with Crippen LogP contribution in [-0.2, 0) is 30.7 Å². The highest BCUT2D eigenvalue weighted by molar-refractivity contribution is 5.99. The van der Waals surface area contributed by atoms with Gasteiger partial charge in [0.1, 0.15) is 0 Å². The number of carbonyl (C=O) groups excluding carboxylic acids is 3. The molecule has 1 N–H and O–H groups in total. The molecule has 6 heterocycles. The molecule has 10 rings (SSSR count). The van der Waals surface area contributed by atoms with Gasteiger partial charge in [0.2, 0.25) is 5.91 Å². The fourth-order valence-corrected chi connectivity index (χ4v) is 9.52. The first-order valence-corrected chi connectivity index (χ1v) is 23.4. The predicted octanol–water partition coefficient (Wildman–Crippen LogP) is 7.29. The Kier molecular flexibility index (Phi) is 12.8. The summed E-state index contributed by atoms with van der Waals surface area (Å²) < 4.78 is 0. The van der Waals surface area contributed by atoms with Crippen molar-refractivity contribution in [2.45, 2.75) is 57.7 Å². The highest BCUT2D eigenvalue weighted by Crippen LogP contribution is 2.29. The van der Waals surface area contributed by atoms with Crippen molar-refractivity contribution in [3.05, 3.63) is 160 Å². The van der Waals surface area contributed by atoms with Gasteiger partial charge in [-0.1, -0.05) is 78.6 Å². The number of aryl methyl sites for hydroxylation is 1.